The van der Waals surface area contributed by atoms with Gasteiger partial charge in [0.15, 0.2) is 0 Å². The Labute approximate surface area is 88.3 Å². The third-order valence-electron chi connectivity index (χ3n) is 2.04. The van der Waals surface area contributed by atoms with Crippen molar-refractivity contribution in [1.82, 2.24) is 9.78 Å². The molecule has 1 aromatic heterocycles. The average Bonchev–Trinajstić information content (AvgIpc) is 2.64. The van der Waals surface area contributed by atoms with Crippen LogP contribution in [0.3, 0.4) is 0 Å². The molecular formula is C11H13N3O. The van der Waals surface area contributed by atoms with Gasteiger partial charge in [-0.25, -0.2) is 0 Å². The van der Waals surface area contributed by atoms with Gasteiger partial charge in [0, 0.05) is 18.9 Å². The highest BCUT2D eigenvalue weighted by Crippen LogP contribution is 2.14. The zero-order valence-electron chi connectivity index (χ0n) is 8.55. The average molecular weight is 203 g/mol. The molecule has 0 saturated heterocycles. The highest BCUT2D eigenvalue weighted by Gasteiger charge is 1.98. The van der Waals surface area contributed by atoms with Gasteiger partial charge >= 0.3 is 0 Å². The van der Waals surface area contributed by atoms with Gasteiger partial charge in [0.1, 0.15) is 12.4 Å². The van der Waals surface area contributed by atoms with E-state index < -0.39 is 0 Å². The molecule has 15 heavy (non-hydrogen) atoms. The van der Waals surface area contributed by atoms with Crippen LogP contribution in [0.25, 0.3) is 0 Å². The molecule has 4 nitrogen and oxygen atoms in total. The molecule has 2 rings (SSSR count). The van der Waals surface area contributed by atoms with Crippen LogP contribution >= 0.6 is 0 Å². The van der Waals surface area contributed by atoms with Crippen LogP contribution in [0, 0.1) is 0 Å². The van der Waals surface area contributed by atoms with Gasteiger partial charge in [0.05, 0.1) is 5.69 Å². The molecule has 0 aliphatic rings. The van der Waals surface area contributed by atoms with E-state index in [1.54, 1.807) is 4.68 Å². The Balaban J connectivity index is 1.96. The number of ether oxygens (including phenoxy) is 1. The first-order valence-corrected chi connectivity index (χ1v) is 4.71. The van der Waals surface area contributed by atoms with Crippen molar-refractivity contribution in [2.75, 3.05) is 5.73 Å². The lowest BCUT2D eigenvalue weighted by molar-refractivity contribution is 0.300. The molecule has 0 atom stereocenters. The summed E-state index contributed by atoms with van der Waals surface area (Å²) in [5, 5.41) is 4.21. The molecule has 78 valence electrons. The van der Waals surface area contributed by atoms with E-state index in [-0.39, 0.29) is 0 Å². The van der Waals surface area contributed by atoms with Crippen molar-refractivity contribution in [1.29, 1.82) is 0 Å². The van der Waals surface area contributed by atoms with E-state index in [1.807, 2.05) is 43.6 Å². The first-order valence-electron chi connectivity index (χ1n) is 4.71. The smallest absolute Gasteiger partial charge is 0.132 e. The Morgan fingerprint density at radius 2 is 2.00 bits per heavy atom. The fraction of sp³-hybridized carbons (Fsp3) is 0.182. The summed E-state index contributed by atoms with van der Waals surface area (Å²) in [5.41, 5.74) is 7.21. The normalized spacial score (nSPS) is 10.2. The zero-order chi connectivity index (χ0) is 10.7. The maximum absolute atomic E-state index is 5.57. The Morgan fingerprint density at radius 1 is 1.27 bits per heavy atom. The molecule has 4 heteroatoms. The number of benzene rings is 1. The lowest BCUT2D eigenvalue weighted by atomic mass is 10.3. The molecule has 0 radical (unpaired) electrons. The second kappa shape index (κ2) is 4.04. The van der Waals surface area contributed by atoms with Crippen molar-refractivity contribution in [2.45, 2.75) is 6.61 Å². The molecule has 2 aromatic rings. The van der Waals surface area contributed by atoms with E-state index in [1.165, 1.54) is 0 Å². The van der Waals surface area contributed by atoms with Crippen LogP contribution in [0.5, 0.6) is 5.75 Å². The van der Waals surface area contributed by atoms with Crippen molar-refractivity contribution >= 4 is 5.69 Å². The van der Waals surface area contributed by atoms with Gasteiger partial charge in [-0.1, -0.05) is 0 Å². The van der Waals surface area contributed by atoms with Crippen LogP contribution < -0.4 is 10.5 Å². The van der Waals surface area contributed by atoms with E-state index in [2.05, 4.69) is 5.10 Å². The van der Waals surface area contributed by atoms with Crippen molar-refractivity contribution in [3.63, 3.8) is 0 Å². The Hall–Kier alpha value is -1.97. The monoisotopic (exact) mass is 203 g/mol. The number of aromatic nitrogens is 2. The van der Waals surface area contributed by atoms with Gasteiger partial charge in [-0.2, -0.15) is 5.10 Å². The molecule has 0 spiro atoms. The number of nitrogens with zero attached hydrogens (tertiary/aromatic N) is 2. The summed E-state index contributed by atoms with van der Waals surface area (Å²) < 4.78 is 7.28. The van der Waals surface area contributed by atoms with Crippen molar-refractivity contribution < 1.29 is 4.74 Å². The van der Waals surface area contributed by atoms with E-state index in [0.717, 1.165) is 17.1 Å². The number of nitrogen functional groups attached to an aromatic ring is 1. The number of rotatable bonds is 3. The minimum absolute atomic E-state index is 0.477. The summed E-state index contributed by atoms with van der Waals surface area (Å²) in [4.78, 5) is 0. The predicted molar refractivity (Wildman–Crippen MR) is 58.4 cm³/mol. The minimum atomic E-state index is 0.477. The van der Waals surface area contributed by atoms with E-state index >= 15 is 0 Å². The molecule has 2 N–H and O–H groups in total. The second-order valence-electron chi connectivity index (χ2n) is 3.34. The third kappa shape index (κ3) is 2.49. The Kier molecular flexibility index (Phi) is 2.58. The Bertz CT molecular complexity index is 433. The van der Waals surface area contributed by atoms with Gasteiger partial charge in [0.2, 0.25) is 0 Å². The summed E-state index contributed by atoms with van der Waals surface area (Å²) in [6, 6.07) is 9.25. The number of hydrogen-bond donors (Lipinski definition) is 1. The molecule has 0 fully saturated rings. The lowest BCUT2D eigenvalue weighted by Gasteiger charge is -2.03. The van der Waals surface area contributed by atoms with E-state index in [4.69, 9.17) is 10.5 Å². The molecule has 0 aliphatic heterocycles. The van der Waals surface area contributed by atoms with Crippen LogP contribution in [0.2, 0.25) is 0 Å². The maximum atomic E-state index is 5.57. The van der Waals surface area contributed by atoms with Crippen molar-refractivity contribution in [3.8, 4) is 5.75 Å². The number of anilines is 1. The summed E-state index contributed by atoms with van der Waals surface area (Å²) in [5.74, 6) is 0.801. The second-order valence-corrected chi connectivity index (χ2v) is 3.34. The molecule has 0 unspecified atom stereocenters. The third-order valence-corrected chi connectivity index (χ3v) is 2.04. The van der Waals surface area contributed by atoms with Gasteiger partial charge in [-0.15, -0.1) is 0 Å². The van der Waals surface area contributed by atoms with Crippen LogP contribution in [0.15, 0.2) is 36.5 Å². The summed E-state index contributed by atoms with van der Waals surface area (Å²) in [7, 11) is 1.88. The standard InChI is InChI=1S/C11H13N3O/c1-14-7-6-10(13-14)8-15-11-4-2-9(12)3-5-11/h2-7H,8,12H2,1H3. The molecule has 0 amide bonds. The first kappa shape index (κ1) is 9.58. The fourth-order valence-corrected chi connectivity index (χ4v) is 1.26. The molecule has 0 saturated carbocycles. The molecule has 1 heterocycles. The topological polar surface area (TPSA) is 53.1 Å². The maximum Gasteiger partial charge on any atom is 0.132 e. The van der Waals surface area contributed by atoms with Crippen LogP contribution in [0.1, 0.15) is 5.69 Å². The SMILES string of the molecule is Cn1ccc(COc2ccc(N)cc2)n1. The van der Waals surface area contributed by atoms with Gasteiger partial charge < -0.3 is 10.5 Å². The van der Waals surface area contributed by atoms with Gasteiger partial charge in [-0.05, 0) is 30.3 Å². The highest BCUT2D eigenvalue weighted by molar-refractivity contribution is 5.41. The Morgan fingerprint density at radius 3 is 2.60 bits per heavy atom. The minimum Gasteiger partial charge on any atom is -0.487 e. The molecular weight excluding hydrogens is 190 g/mol. The number of aryl methyl sites for hydroxylation is 1. The van der Waals surface area contributed by atoms with Crippen LogP contribution in [-0.2, 0) is 13.7 Å². The van der Waals surface area contributed by atoms with Crippen molar-refractivity contribution in [2.24, 2.45) is 7.05 Å². The zero-order valence-corrected chi connectivity index (χ0v) is 8.55. The van der Waals surface area contributed by atoms with Crippen molar-refractivity contribution in [3.05, 3.63) is 42.2 Å². The largest absolute Gasteiger partial charge is 0.487 e. The van der Waals surface area contributed by atoms with Crippen LogP contribution in [-0.4, -0.2) is 9.78 Å². The summed E-state index contributed by atoms with van der Waals surface area (Å²) in [6.07, 6.45) is 1.89. The predicted octanol–water partition coefficient (Wildman–Crippen LogP) is 1.58. The van der Waals surface area contributed by atoms with Gasteiger partial charge in [0.25, 0.3) is 0 Å². The molecule has 1 aromatic carbocycles. The van der Waals surface area contributed by atoms with Gasteiger partial charge in [-0.3, -0.25) is 4.68 Å². The quantitative estimate of drug-likeness (QED) is 0.770. The molecule has 0 bridgehead atoms. The van der Waals surface area contributed by atoms with E-state index in [9.17, 15) is 0 Å². The number of hydrogen-bond acceptors (Lipinski definition) is 3. The lowest BCUT2D eigenvalue weighted by Crippen LogP contribution is -1.98. The highest BCUT2D eigenvalue weighted by atomic mass is 16.5. The molecule has 0 aliphatic carbocycles. The summed E-state index contributed by atoms with van der Waals surface area (Å²) >= 11 is 0. The first-order chi connectivity index (χ1) is 7.24. The summed E-state index contributed by atoms with van der Waals surface area (Å²) in [6.45, 7) is 0.477. The number of nitrogens with two attached hydrogens (primary N) is 1. The van der Waals surface area contributed by atoms with Crippen LogP contribution in [0.4, 0.5) is 5.69 Å². The van der Waals surface area contributed by atoms with E-state index in [0.29, 0.717) is 6.61 Å². The fourth-order valence-electron chi connectivity index (χ4n) is 1.26.